The van der Waals surface area contributed by atoms with E-state index in [1.165, 1.54) is 16.7 Å². The molecule has 0 bridgehead atoms. The van der Waals surface area contributed by atoms with Gasteiger partial charge in [0.05, 0.1) is 28.2 Å². The summed E-state index contributed by atoms with van der Waals surface area (Å²) < 4.78 is 27.9. The van der Waals surface area contributed by atoms with E-state index >= 15 is 0 Å². The van der Waals surface area contributed by atoms with Gasteiger partial charge in [0, 0.05) is 11.9 Å². The smallest absolute Gasteiger partial charge is 0.320 e. The van der Waals surface area contributed by atoms with Crippen molar-refractivity contribution in [3.8, 4) is 0 Å². The first-order valence-electron chi connectivity index (χ1n) is 7.75. The van der Waals surface area contributed by atoms with Gasteiger partial charge in [-0.2, -0.15) is 8.78 Å². The van der Waals surface area contributed by atoms with Gasteiger partial charge in [-0.3, -0.25) is 9.36 Å². The molecule has 3 aromatic rings. The number of carbonyl (C=O) groups excluding carboxylic acids is 1. The molecule has 0 aliphatic carbocycles. The highest BCUT2D eigenvalue weighted by atomic mass is 35.5. The van der Waals surface area contributed by atoms with Crippen molar-refractivity contribution in [3.63, 3.8) is 0 Å². The van der Waals surface area contributed by atoms with Gasteiger partial charge in [-0.05, 0) is 36.6 Å². The summed E-state index contributed by atoms with van der Waals surface area (Å²) in [5, 5.41) is 0.321. The highest BCUT2D eigenvalue weighted by Crippen LogP contribution is 2.26. The molecule has 8 heteroatoms. The molecule has 0 fully saturated rings. The second-order valence-corrected chi connectivity index (χ2v) is 6.96. The van der Waals surface area contributed by atoms with E-state index in [-0.39, 0.29) is 18.3 Å². The van der Waals surface area contributed by atoms with Crippen molar-refractivity contribution in [2.45, 2.75) is 18.0 Å². The zero-order valence-corrected chi connectivity index (χ0v) is 15.7. The van der Waals surface area contributed by atoms with Gasteiger partial charge >= 0.3 is 6.55 Å². The number of fused-ring (bicyclic) bond motifs is 1. The van der Waals surface area contributed by atoms with Crippen LogP contribution in [-0.2, 0) is 6.54 Å². The van der Waals surface area contributed by atoms with Gasteiger partial charge in [-0.15, -0.1) is 11.8 Å². The fourth-order valence-corrected chi connectivity index (χ4v) is 3.35. The molecule has 0 N–H and O–H groups in total. The minimum Gasteiger partial charge on any atom is -0.334 e. The number of halogens is 3. The van der Waals surface area contributed by atoms with Crippen molar-refractivity contribution < 1.29 is 13.6 Å². The molecule has 1 heterocycles. The molecule has 1 aromatic heterocycles. The van der Waals surface area contributed by atoms with E-state index in [1.807, 2.05) is 12.3 Å². The van der Waals surface area contributed by atoms with Gasteiger partial charge in [0.1, 0.15) is 5.82 Å². The zero-order chi connectivity index (χ0) is 18.8. The molecule has 2 aromatic carbocycles. The number of nitrogens with zero attached hydrogens (tertiary/aromatic N) is 3. The Bertz CT molecular complexity index is 961. The maximum absolute atomic E-state index is 13.5. The molecular weight excluding hydrogens is 380 g/mol. The monoisotopic (exact) mass is 395 g/mol. The number of alkyl halides is 2. The van der Waals surface area contributed by atoms with E-state index in [0.717, 1.165) is 9.46 Å². The van der Waals surface area contributed by atoms with Crippen molar-refractivity contribution in [2.24, 2.45) is 0 Å². The summed E-state index contributed by atoms with van der Waals surface area (Å²) in [6, 6.07) is 11.8. The van der Waals surface area contributed by atoms with Crippen molar-refractivity contribution in [3.05, 3.63) is 58.9 Å². The average molecular weight is 396 g/mol. The third kappa shape index (κ3) is 3.54. The Morgan fingerprint density at radius 2 is 2.04 bits per heavy atom. The lowest BCUT2D eigenvalue weighted by atomic mass is 10.2. The average Bonchev–Trinajstić information content (AvgIpc) is 2.99. The number of amides is 1. The lowest BCUT2D eigenvalue weighted by Crippen LogP contribution is -2.28. The van der Waals surface area contributed by atoms with E-state index in [0.29, 0.717) is 21.6 Å². The fourth-order valence-electron chi connectivity index (χ4n) is 2.71. The molecule has 26 heavy (non-hydrogen) atoms. The molecule has 0 aliphatic heterocycles. The lowest BCUT2D eigenvalue weighted by molar-refractivity contribution is 0.0646. The quantitative estimate of drug-likeness (QED) is 0.565. The van der Waals surface area contributed by atoms with Gasteiger partial charge in [-0.1, -0.05) is 23.7 Å². The van der Waals surface area contributed by atoms with Crippen LogP contribution in [0.15, 0.2) is 47.4 Å². The fraction of sp³-hybridized carbons (Fsp3) is 0.222. The summed E-state index contributed by atoms with van der Waals surface area (Å²) in [6.45, 7) is -2.80. The van der Waals surface area contributed by atoms with Crippen molar-refractivity contribution in [1.29, 1.82) is 0 Å². The molecular formula is C18H16ClF2N3OS. The standard InChI is InChI=1S/C18H16ClF2N3OS/c1-23(17(25)12-9-11(26-2)7-8-13(12)19)10-16-22-14-5-3-4-6-15(14)24(16)18(20)21/h3-9,18H,10H2,1-2H3. The number of benzene rings is 2. The van der Waals surface area contributed by atoms with Gasteiger partial charge in [-0.25, -0.2) is 4.98 Å². The Kier molecular flexibility index (Phi) is 5.48. The summed E-state index contributed by atoms with van der Waals surface area (Å²) >= 11 is 7.63. The molecule has 0 saturated heterocycles. The number of aromatic nitrogens is 2. The topological polar surface area (TPSA) is 38.1 Å². The van der Waals surface area contributed by atoms with E-state index in [4.69, 9.17) is 11.6 Å². The predicted molar refractivity (Wildman–Crippen MR) is 100 cm³/mol. The Morgan fingerprint density at radius 1 is 1.31 bits per heavy atom. The number of hydrogen-bond donors (Lipinski definition) is 0. The van der Waals surface area contributed by atoms with Crippen LogP contribution in [0, 0.1) is 0 Å². The maximum Gasteiger partial charge on any atom is 0.320 e. The molecule has 3 rings (SSSR count). The van der Waals surface area contributed by atoms with Crippen LogP contribution in [0.5, 0.6) is 0 Å². The molecule has 0 spiro atoms. The Morgan fingerprint density at radius 3 is 2.73 bits per heavy atom. The second-order valence-electron chi connectivity index (χ2n) is 5.67. The number of para-hydroxylation sites is 2. The summed E-state index contributed by atoms with van der Waals surface area (Å²) in [7, 11) is 1.54. The number of thioether (sulfide) groups is 1. The predicted octanol–water partition coefficient (Wildman–Crippen LogP) is 5.08. The Labute approximate surface area is 158 Å². The number of carbonyl (C=O) groups is 1. The molecule has 0 saturated carbocycles. The van der Waals surface area contributed by atoms with Crippen LogP contribution in [0.4, 0.5) is 8.78 Å². The number of hydrogen-bond acceptors (Lipinski definition) is 3. The first-order valence-corrected chi connectivity index (χ1v) is 9.35. The van der Waals surface area contributed by atoms with Crippen LogP contribution >= 0.6 is 23.4 Å². The van der Waals surface area contributed by atoms with Crippen molar-refractivity contribution in [2.75, 3.05) is 13.3 Å². The van der Waals surface area contributed by atoms with Crippen LogP contribution < -0.4 is 0 Å². The minimum atomic E-state index is -2.75. The summed E-state index contributed by atoms with van der Waals surface area (Å²) in [4.78, 5) is 19.2. The molecule has 0 atom stereocenters. The first-order chi connectivity index (χ1) is 12.4. The van der Waals surface area contributed by atoms with Gasteiger partial charge < -0.3 is 4.90 Å². The van der Waals surface area contributed by atoms with Crippen LogP contribution in [0.2, 0.25) is 5.02 Å². The van der Waals surface area contributed by atoms with Gasteiger partial charge in [0.15, 0.2) is 0 Å². The third-order valence-electron chi connectivity index (χ3n) is 3.99. The van der Waals surface area contributed by atoms with Gasteiger partial charge in [0.25, 0.3) is 5.91 Å². The van der Waals surface area contributed by atoms with E-state index in [2.05, 4.69) is 4.98 Å². The van der Waals surface area contributed by atoms with E-state index in [1.54, 1.807) is 43.4 Å². The summed E-state index contributed by atoms with van der Waals surface area (Å²) in [5.41, 5.74) is 1.13. The van der Waals surface area contributed by atoms with E-state index in [9.17, 15) is 13.6 Å². The highest BCUT2D eigenvalue weighted by molar-refractivity contribution is 7.98. The van der Waals surface area contributed by atoms with Crippen LogP contribution in [-0.4, -0.2) is 33.7 Å². The van der Waals surface area contributed by atoms with Crippen LogP contribution in [0.1, 0.15) is 22.7 Å². The normalized spacial score (nSPS) is 11.3. The first kappa shape index (κ1) is 18.7. The molecule has 0 aliphatic rings. The lowest BCUT2D eigenvalue weighted by Gasteiger charge is -2.19. The SMILES string of the molecule is CSc1ccc(Cl)c(C(=O)N(C)Cc2nc3ccccc3n2C(F)F)c1. The zero-order valence-electron chi connectivity index (χ0n) is 14.1. The van der Waals surface area contributed by atoms with E-state index < -0.39 is 6.55 Å². The second kappa shape index (κ2) is 7.63. The molecule has 1 amide bonds. The minimum absolute atomic E-state index is 0.0579. The molecule has 4 nitrogen and oxygen atoms in total. The largest absolute Gasteiger partial charge is 0.334 e. The maximum atomic E-state index is 13.5. The highest BCUT2D eigenvalue weighted by Gasteiger charge is 2.22. The van der Waals surface area contributed by atoms with Crippen LogP contribution in [0.25, 0.3) is 11.0 Å². The Hall–Kier alpha value is -2.12. The summed E-state index contributed by atoms with van der Waals surface area (Å²) in [6.07, 6.45) is 1.90. The van der Waals surface area contributed by atoms with Gasteiger partial charge in [0.2, 0.25) is 0 Å². The van der Waals surface area contributed by atoms with Crippen molar-refractivity contribution in [1.82, 2.24) is 14.5 Å². The van der Waals surface area contributed by atoms with Crippen molar-refractivity contribution >= 4 is 40.3 Å². The molecule has 136 valence electrons. The molecule has 0 unspecified atom stereocenters. The third-order valence-corrected chi connectivity index (χ3v) is 5.05. The van der Waals surface area contributed by atoms with Crippen LogP contribution in [0.3, 0.4) is 0 Å². The molecule has 0 radical (unpaired) electrons. The summed E-state index contributed by atoms with van der Waals surface area (Å²) in [5.74, 6) is -0.229. The number of imidazole rings is 1. The number of rotatable bonds is 5. The Balaban J connectivity index is 1.93.